The second kappa shape index (κ2) is 11.3. The predicted octanol–water partition coefficient (Wildman–Crippen LogP) is 2.67. The molecule has 8 heteroatoms. The predicted molar refractivity (Wildman–Crippen MR) is 106 cm³/mol. The number of hydrogen-bond donors (Lipinski definition) is 2. The molecule has 0 aliphatic carbocycles. The minimum atomic E-state index is -0.721. The summed E-state index contributed by atoms with van der Waals surface area (Å²) in [7, 11) is 1.46. The molecule has 0 atom stereocenters. The van der Waals surface area contributed by atoms with E-state index in [0.29, 0.717) is 24.7 Å². The van der Waals surface area contributed by atoms with Crippen LogP contribution in [0.4, 0.5) is 4.79 Å². The van der Waals surface area contributed by atoms with Crippen molar-refractivity contribution in [2.24, 2.45) is 0 Å². The molecule has 29 heavy (non-hydrogen) atoms. The van der Waals surface area contributed by atoms with Crippen molar-refractivity contribution >= 4 is 17.9 Å². The molecule has 2 rings (SSSR count). The van der Waals surface area contributed by atoms with Gasteiger partial charge in [0.25, 0.3) is 5.91 Å². The molecule has 0 heterocycles. The Morgan fingerprint density at radius 1 is 1.00 bits per heavy atom. The number of urea groups is 1. The molecule has 0 aromatic heterocycles. The van der Waals surface area contributed by atoms with Crippen molar-refractivity contribution in [1.29, 1.82) is 0 Å². The van der Waals surface area contributed by atoms with Crippen LogP contribution in [0.3, 0.4) is 0 Å². The summed E-state index contributed by atoms with van der Waals surface area (Å²) in [5.41, 5.74) is 1.18. The highest BCUT2D eigenvalue weighted by Gasteiger charge is 2.15. The second-order valence-electron chi connectivity index (χ2n) is 6.02. The van der Waals surface area contributed by atoms with Gasteiger partial charge in [0.1, 0.15) is 6.61 Å². The first kappa shape index (κ1) is 21.7. The van der Waals surface area contributed by atoms with E-state index < -0.39 is 24.5 Å². The fourth-order valence-corrected chi connectivity index (χ4v) is 2.31. The molecule has 0 aliphatic rings. The van der Waals surface area contributed by atoms with Gasteiger partial charge in [-0.1, -0.05) is 37.3 Å². The van der Waals surface area contributed by atoms with Gasteiger partial charge in [0.05, 0.1) is 12.7 Å². The Hall–Kier alpha value is -3.55. The van der Waals surface area contributed by atoms with Crippen LogP contribution in [0.25, 0.3) is 0 Å². The molecular formula is C21H24N2O6. The van der Waals surface area contributed by atoms with E-state index in [1.807, 2.05) is 37.3 Å². The number of nitrogens with one attached hydrogen (secondary N) is 2. The van der Waals surface area contributed by atoms with Gasteiger partial charge in [-0.15, -0.1) is 0 Å². The van der Waals surface area contributed by atoms with Gasteiger partial charge in [0.2, 0.25) is 0 Å². The Morgan fingerprint density at radius 3 is 2.45 bits per heavy atom. The number of esters is 1. The molecule has 2 N–H and O–H groups in total. The number of carbonyl (C=O) groups is 3. The number of imide groups is 1. The lowest BCUT2D eigenvalue weighted by Crippen LogP contribution is -2.41. The van der Waals surface area contributed by atoms with E-state index in [1.54, 1.807) is 6.07 Å². The van der Waals surface area contributed by atoms with Gasteiger partial charge in [0.15, 0.2) is 18.1 Å². The summed E-state index contributed by atoms with van der Waals surface area (Å²) in [6, 6.07) is 13.6. The zero-order valence-electron chi connectivity index (χ0n) is 16.4. The molecule has 3 amide bonds. The van der Waals surface area contributed by atoms with Crippen LogP contribution in [0, 0.1) is 0 Å². The highest BCUT2D eigenvalue weighted by Crippen LogP contribution is 2.29. The molecule has 0 radical (unpaired) electrons. The summed E-state index contributed by atoms with van der Waals surface area (Å²) >= 11 is 0. The van der Waals surface area contributed by atoms with E-state index in [4.69, 9.17) is 14.2 Å². The lowest BCUT2D eigenvalue weighted by molar-refractivity contribution is -0.123. The zero-order valence-corrected chi connectivity index (χ0v) is 16.4. The van der Waals surface area contributed by atoms with Crippen LogP contribution in [0.1, 0.15) is 29.3 Å². The van der Waals surface area contributed by atoms with Crippen molar-refractivity contribution < 1.29 is 28.6 Å². The number of benzene rings is 2. The van der Waals surface area contributed by atoms with Gasteiger partial charge in [-0.05, 0) is 30.2 Å². The molecule has 0 fully saturated rings. The van der Waals surface area contributed by atoms with Crippen molar-refractivity contribution in [1.82, 2.24) is 10.6 Å². The maximum atomic E-state index is 12.2. The third-order valence-electron chi connectivity index (χ3n) is 3.76. The first-order valence-electron chi connectivity index (χ1n) is 9.13. The van der Waals surface area contributed by atoms with Gasteiger partial charge >= 0.3 is 12.0 Å². The van der Waals surface area contributed by atoms with E-state index >= 15 is 0 Å². The Balaban J connectivity index is 1.90. The van der Waals surface area contributed by atoms with Gasteiger partial charge in [-0.3, -0.25) is 10.1 Å². The summed E-state index contributed by atoms with van der Waals surface area (Å²) in [4.78, 5) is 35.2. The van der Waals surface area contributed by atoms with E-state index in [9.17, 15) is 14.4 Å². The summed E-state index contributed by atoms with van der Waals surface area (Å²) in [5.74, 6) is -0.610. The molecule has 0 bridgehead atoms. The number of amides is 3. The molecule has 154 valence electrons. The Labute approximate surface area is 169 Å². The number of hydrogen-bond acceptors (Lipinski definition) is 6. The van der Waals surface area contributed by atoms with Gasteiger partial charge < -0.3 is 19.5 Å². The van der Waals surface area contributed by atoms with E-state index in [2.05, 4.69) is 10.6 Å². The van der Waals surface area contributed by atoms with Crippen molar-refractivity contribution in [2.45, 2.75) is 20.0 Å². The quantitative estimate of drug-likeness (QED) is 0.628. The third-order valence-corrected chi connectivity index (χ3v) is 3.76. The molecular weight excluding hydrogens is 376 g/mol. The fourth-order valence-electron chi connectivity index (χ4n) is 2.31. The molecule has 2 aromatic carbocycles. The van der Waals surface area contributed by atoms with Gasteiger partial charge in [-0.25, -0.2) is 9.59 Å². The molecule has 0 unspecified atom stereocenters. The highest BCUT2D eigenvalue weighted by atomic mass is 16.5. The Kier molecular flexibility index (Phi) is 8.50. The van der Waals surface area contributed by atoms with Crippen LogP contribution >= 0.6 is 0 Å². The lowest BCUT2D eigenvalue weighted by Gasteiger charge is -2.12. The molecule has 0 saturated heterocycles. The number of methoxy groups -OCH3 is 1. The smallest absolute Gasteiger partial charge is 0.338 e. The van der Waals surface area contributed by atoms with Crippen LogP contribution < -0.4 is 20.1 Å². The SMILES string of the molecule is CCCNC(=O)NC(=O)COC(=O)c1ccc(OCc2ccccc2)c(OC)c1. The Bertz CT molecular complexity index is 838. The minimum Gasteiger partial charge on any atom is -0.493 e. The minimum absolute atomic E-state index is 0.192. The third kappa shape index (κ3) is 7.17. The summed E-state index contributed by atoms with van der Waals surface area (Å²) < 4.78 is 15.9. The van der Waals surface area contributed by atoms with Crippen LogP contribution in [0.2, 0.25) is 0 Å². The van der Waals surface area contributed by atoms with E-state index in [1.165, 1.54) is 19.2 Å². The molecule has 0 saturated carbocycles. The normalized spacial score (nSPS) is 10.0. The summed E-state index contributed by atoms with van der Waals surface area (Å²) in [6.07, 6.45) is 0.740. The van der Waals surface area contributed by atoms with Crippen molar-refractivity contribution in [2.75, 3.05) is 20.3 Å². The van der Waals surface area contributed by atoms with Crippen LogP contribution in [0.5, 0.6) is 11.5 Å². The van der Waals surface area contributed by atoms with Crippen molar-refractivity contribution in [3.8, 4) is 11.5 Å². The lowest BCUT2D eigenvalue weighted by atomic mass is 10.2. The highest BCUT2D eigenvalue weighted by molar-refractivity contribution is 5.97. The van der Waals surface area contributed by atoms with Crippen LogP contribution in [-0.2, 0) is 16.1 Å². The zero-order chi connectivity index (χ0) is 21.1. The van der Waals surface area contributed by atoms with Gasteiger partial charge in [-0.2, -0.15) is 0 Å². The van der Waals surface area contributed by atoms with Crippen molar-refractivity contribution in [3.05, 3.63) is 59.7 Å². The average molecular weight is 400 g/mol. The number of rotatable bonds is 9. The van der Waals surface area contributed by atoms with E-state index in [-0.39, 0.29) is 5.56 Å². The van der Waals surface area contributed by atoms with Crippen LogP contribution in [-0.4, -0.2) is 38.2 Å². The number of ether oxygens (including phenoxy) is 3. The summed E-state index contributed by atoms with van der Waals surface area (Å²) in [5, 5.41) is 4.56. The molecule has 8 nitrogen and oxygen atoms in total. The number of carbonyl (C=O) groups excluding carboxylic acids is 3. The average Bonchev–Trinajstić information content (AvgIpc) is 2.75. The van der Waals surface area contributed by atoms with Crippen molar-refractivity contribution in [3.63, 3.8) is 0 Å². The fraction of sp³-hybridized carbons (Fsp3) is 0.286. The maximum absolute atomic E-state index is 12.2. The topological polar surface area (TPSA) is 103 Å². The first-order valence-corrected chi connectivity index (χ1v) is 9.13. The van der Waals surface area contributed by atoms with Crippen LogP contribution in [0.15, 0.2) is 48.5 Å². The summed E-state index contributed by atoms with van der Waals surface area (Å²) in [6.45, 7) is 2.10. The van der Waals surface area contributed by atoms with Gasteiger partial charge in [0, 0.05) is 6.54 Å². The van der Waals surface area contributed by atoms with E-state index in [0.717, 1.165) is 12.0 Å². The first-order chi connectivity index (χ1) is 14.0. The monoisotopic (exact) mass is 400 g/mol. The molecule has 0 aliphatic heterocycles. The maximum Gasteiger partial charge on any atom is 0.338 e. The molecule has 0 spiro atoms. The Morgan fingerprint density at radius 2 is 1.76 bits per heavy atom. The largest absolute Gasteiger partial charge is 0.493 e. The molecule has 2 aromatic rings. The second-order valence-corrected chi connectivity index (χ2v) is 6.02. The standard InChI is InChI=1S/C21H24N2O6/c1-3-11-22-21(26)23-19(24)14-29-20(25)16-9-10-17(18(12-16)27-2)28-13-15-7-5-4-6-8-15/h4-10,12H,3,11,13-14H2,1-2H3,(H2,22,23,24,26).